The number of halogens is 1. The first-order valence-corrected chi connectivity index (χ1v) is 8.17. The summed E-state index contributed by atoms with van der Waals surface area (Å²) in [5.41, 5.74) is 2.86. The molecule has 5 heteroatoms. The van der Waals surface area contributed by atoms with E-state index in [1.165, 1.54) is 24.1 Å². The Labute approximate surface area is 150 Å². The lowest BCUT2D eigenvalue weighted by Gasteiger charge is -2.26. The summed E-state index contributed by atoms with van der Waals surface area (Å²) in [6, 6.07) is 9.81. The summed E-state index contributed by atoms with van der Waals surface area (Å²) in [6.07, 6.45) is 3.71. The van der Waals surface area contributed by atoms with Crippen LogP contribution in [0.25, 0.3) is 0 Å². The maximum Gasteiger partial charge on any atom is 0.191 e. The SMILES string of the molecule is CCNC(=NCC(C)N1CCc2ccccc21)NC1CC1.I. The van der Waals surface area contributed by atoms with Crippen LogP contribution in [0.5, 0.6) is 0 Å². The summed E-state index contributed by atoms with van der Waals surface area (Å²) in [6.45, 7) is 7.25. The number of benzene rings is 1. The summed E-state index contributed by atoms with van der Waals surface area (Å²) < 4.78 is 0. The Morgan fingerprint density at radius 3 is 2.86 bits per heavy atom. The highest BCUT2D eigenvalue weighted by Crippen LogP contribution is 2.29. The van der Waals surface area contributed by atoms with E-state index in [1.54, 1.807) is 0 Å². The van der Waals surface area contributed by atoms with Crippen molar-refractivity contribution in [1.82, 2.24) is 10.6 Å². The number of rotatable bonds is 5. The zero-order valence-corrected chi connectivity index (χ0v) is 15.8. The van der Waals surface area contributed by atoms with Gasteiger partial charge in [0, 0.05) is 30.9 Å². The zero-order chi connectivity index (χ0) is 14.7. The molecule has 122 valence electrons. The van der Waals surface area contributed by atoms with Crippen LogP contribution in [0.4, 0.5) is 5.69 Å². The van der Waals surface area contributed by atoms with E-state index in [4.69, 9.17) is 4.99 Å². The molecule has 1 heterocycles. The molecule has 1 unspecified atom stereocenters. The standard InChI is InChI=1S/C17H26N4.HI/c1-3-18-17(20-15-8-9-15)19-12-13(2)21-11-10-14-6-4-5-7-16(14)21;/h4-7,13,15H,3,8-12H2,1-2H3,(H2,18,19,20);1H. The second kappa shape index (κ2) is 8.04. The Hall–Kier alpha value is -0.980. The molecular formula is C17H27IN4. The molecule has 1 aliphatic heterocycles. The van der Waals surface area contributed by atoms with Gasteiger partial charge in [-0.25, -0.2) is 0 Å². The van der Waals surface area contributed by atoms with Gasteiger partial charge >= 0.3 is 0 Å². The first-order chi connectivity index (χ1) is 10.3. The van der Waals surface area contributed by atoms with Crippen LogP contribution >= 0.6 is 24.0 Å². The fourth-order valence-electron chi connectivity index (χ4n) is 2.88. The largest absolute Gasteiger partial charge is 0.366 e. The molecule has 0 amide bonds. The highest BCUT2D eigenvalue weighted by molar-refractivity contribution is 14.0. The maximum atomic E-state index is 4.76. The highest BCUT2D eigenvalue weighted by Gasteiger charge is 2.24. The van der Waals surface area contributed by atoms with Crippen molar-refractivity contribution in [2.75, 3.05) is 24.5 Å². The van der Waals surface area contributed by atoms with E-state index in [9.17, 15) is 0 Å². The molecule has 0 saturated heterocycles. The lowest BCUT2D eigenvalue weighted by Crippen LogP contribution is -2.40. The quantitative estimate of drug-likeness (QED) is 0.442. The topological polar surface area (TPSA) is 39.7 Å². The number of hydrogen-bond donors (Lipinski definition) is 2. The van der Waals surface area contributed by atoms with Crippen molar-refractivity contribution in [3.63, 3.8) is 0 Å². The van der Waals surface area contributed by atoms with Crippen molar-refractivity contribution in [3.8, 4) is 0 Å². The van der Waals surface area contributed by atoms with Crippen LogP contribution < -0.4 is 15.5 Å². The van der Waals surface area contributed by atoms with Crippen LogP contribution in [0, 0.1) is 0 Å². The molecule has 2 N–H and O–H groups in total. The predicted molar refractivity (Wildman–Crippen MR) is 105 cm³/mol. The summed E-state index contributed by atoms with van der Waals surface area (Å²) in [5.74, 6) is 0.972. The first kappa shape index (κ1) is 17.4. The van der Waals surface area contributed by atoms with Crippen molar-refractivity contribution >= 4 is 35.6 Å². The number of aliphatic imine (C=N–C) groups is 1. The van der Waals surface area contributed by atoms with E-state index >= 15 is 0 Å². The Balaban J connectivity index is 0.00000176. The monoisotopic (exact) mass is 414 g/mol. The average molecular weight is 414 g/mol. The van der Waals surface area contributed by atoms with Gasteiger partial charge in [0.1, 0.15) is 0 Å². The van der Waals surface area contributed by atoms with E-state index in [0.717, 1.165) is 32.0 Å². The van der Waals surface area contributed by atoms with Gasteiger partial charge in [0.25, 0.3) is 0 Å². The molecule has 2 aliphatic rings. The van der Waals surface area contributed by atoms with Crippen molar-refractivity contribution in [3.05, 3.63) is 29.8 Å². The van der Waals surface area contributed by atoms with Crippen LogP contribution in [0.3, 0.4) is 0 Å². The Bertz CT molecular complexity index is 513. The summed E-state index contributed by atoms with van der Waals surface area (Å²) in [5, 5.41) is 6.82. The molecule has 1 aliphatic carbocycles. The number of guanidine groups is 1. The van der Waals surface area contributed by atoms with Crippen LogP contribution in [0.1, 0.15) is 32.3 Å². The smallest absolute Gasteiger partial charge is 0.191 e. The molecule has 1 fully saturated rings. The van der Waals surface area contributed by atoms with E-state index in [2.05, 4.69) is 53.6 Å². The fraction of sp³-hybridized carbons (Fsp3) is 0.588. The molecule has 1 saturated carbocycles. The van der Waals surface area contributed by atoms with Gasteiger partial charge in [-0.1, -0.05) is 18.2 Å². The Kier molecular flexibility index (Phi) is 6.35. The number of fused-ring (bicyclic) bond motifs is 1. The second-order valence-electron chi connectivity index (χ2n) is 6.06. The minimum atomic E-state index is 0. The summed E-state index contributed by atoms with van der Waals surface area (Å²) in [7, 11) is 0. The van der Waals surface area contributed by atoms with E-state index in [1.807, 2.05) is 0 Å². The van der Waals surface area contributed by atoms with Gasteiger partial charge in [0.2, 0.25) is 0 Å². The molecule has 0 radical (unpaired) electrons. The van der Waals surface area contributed by atoms with Crippen molar-refractivity contribution in [2.24, 2.45) is 4.99 Å². The van der Waals surface area contributed by atoms with Crippen LogP contribution in [-0.2, 0) is 6.42 Å². The molecule has 1 atom stereocenters. The summed E-state index contributed by atoms with van der Waals surface area (Å²) >= 11 is 0. The van der Waals surface area contributed by atoms with E-state index in [-0.39, 0.29) is 24.0 Å². The number of hydrogen-bond acceptors (Lipinski definition) is 2. The van der Waals surface area contributed by atoms with Crippen LogP contribution in [-0.4, -0.2) is 37.7 Å². The van der Waals surface area contributed by atoms with Gasteiger partial charge < -0.3 is 15.5 Å². The zero-order valence-electron chi connectivity index (χ0n) is 13.5. The lowest BCUT2D eigenvalue weighted by atomic mass is 10.2. The molecule has 1 aromatic rings. The second-order valence-corrected chi connectivity index (χ2v) is 6.06. The van der Waals surface area contributed by atoms with E-state index < -0.39 is 0 Å². The lowest BCUT2D eigenvalue weighted by molar-refractivity contribution is 0.657. The molecule has 4 nitrogen and oxygen atoms in total. The molecule has 1 aromatic carbocycles. The van der Waals surface area contributed by atoms with Gasteiger partial charge in [-0.05, 0) is 44.7 Å². The van der Waals surface area contributed by atoms with Crippen LogP contribution in [0.2, 0.25) is 0 Å². The predicted octanol–water partition coefficient (Wildman–Crippen LogP) is 2.77. The minimum Gasteiger partial charge on any atom is -0.366 e. The van der Waals surface area contributed by atoms with Gasteiger partial charge in [-0.3, -0.25) is 4.99 Å². The average Bonchev–Trinajstić information content (AvgIpc) is 3.20. The fourth-order valence-corrected chi connectivity index (χ4v) is 2.88. The first-order valence-electron chi connectivity index (χ1n) is 8.17. The molecule has 0 bridgehead atoms. The Morgan fingerprint density at radius 1 is 1.36 bits per heavy atom. The third-order valence-corrected chi connectivity index (χ3v) is 4.23. The molecule has 22 heavy (non-hydrogen) atoms. The number of nitrogens with zero attached hydrogens (tertiary/aromatic N) is 2. The van der Waals surface area contributed by atoms with Crippen molar-refractivity contribution < 1.29 is 0 Å². The highest BCUT2D eigenvalue weighted by atomic mass is 127. The van der Waals surface area contributed by atoms with Gasteiger partial charge in [-0.15, -0.1) is 24.0 Å². The molecule has 3 rings (SSSR count). The Morgan fingerprint density at radius 2 is 2.14 bits per heavy atom. The van der Waals surface area contributed by atoms with Crippen molar-refractivity contribution in [2.45, 2.75) is 45.2 Å². The maximum absolute atomic E-state index is 4.76. The third kappa shape index (κ3) is 4.27. The van der Waals surface area contributed by atoms with Gasteiger partial charge in [0.05, 0.1) is 6.54 Å². The van der Waals surface area contributed by atoms with E-state index in [0.29, 0.717) is 12.1 Å². The van der Waals surface area contributed by atoms with Gasteiger partial charge in [-0.2, -0.15) is 0 Å². The molecule has 0 spiro atoms. The number of para-hydroxylation sites is 1. The normalized spacial score (nSPS) is 18.5. The minimum absolute atomic E-state index is 0. The van der Waals surface area contributed by atoms with Crippen molar-refractivity contribution in [1.29, 1.82) is 0 Å². The van der Waals surface area contributed by atoms with Crippen LogP contribution in [0.15, 0.2) is 29.3 Å². The number of nitrogens with one attached hydrogen (secondary N) is 2. The molecular weight excluding hydrogens is 387 g/mol. The summed E-state index contributed by atoms with van der Waals surface area (Å²) in [4.78, 5) is 7.25. The van der Waals surface area contributed by atoms with Gasteiger partial charge in [0.15, 0.2) is 5.96 Å². The third-order valence-electron chi connectivity index (χ3n) is 4.23. The number of anilines is 1. The molecule has 0 aromatic heterocycles.